The van der Waals surface area contributed by atoms with E-state index in [2.05, 4.69) is 31.8 Å². The van der Waals surface area contributed by atoms with E-state index in [-0.39, 0.29) is 5.91 Å². The van der Waals surface area contributed by atoms with Crippen LogP contribution in [-0.4, -0.2) is 25.4 Å². The molecule has 1 N–H and O–H groups in total. The fraction of sp³-hybridized carbons (Fsp3) is 0.586. The minimum Gasteiger partial charge on any atom is -0.352 e. The number of hydrogen-bond donors (Lipinski definition) is 1. The molecule has 0 radical (unpaired) electrons. The maximum Gasteiger partial charge on any atom is 0.220 e. The molecule has 2 heterocycles. The van der Waals surface area contributed by atoms with E-state index in [1.165, 1.54) is 32.1 Å². The van der Waals surface area contributed by atoms with Crippen LogP contribution in [-0.2, 0) is 17.8 Å². The molecule has 2 atom stereocenters. The van der Waals surface area contributed by atoms with Gasteiger partial charge >= 0.3 is 0 Å². The number of amides is 1. The van der Waals surface area contributed by atoms with Crippen LogP contribution in [0.3, 0.4) is 0 Å². The summed E-state index contributed by atoms with van der Waals surface area (Å²) in [5.41, 5.74) is 4.01. The lowest BCUT2D eigenvalue weighted by atomic mass is 10.0. The van der Waals surface area contributed by atoms with Crippen molar-refractivity contribution in [3.8, 4) is 0 Å². The van der Waals surface area contributed by atoms with Crippen molar-refractivity contribution < 1.29 is 4.79 Å². The van der Waals surface area contributed by atoms with Crippen molar-refractivity contribution in [2.24, 2.45) is 5.92 Å². The molecular weight excluding hydrogens is 434 g/mol. The first-order chi connectivity index (χ1) is 17.2. The summed E-state index contributed by atoms with van der Waals surface area (Å²) in [6.07, 6.45) is 16.8. The van der Waals surface area contributed by atoms with E-state index >= 15 is 0 Å². The lowest BCUT2D eigenvalue weighted by Crippen LogP contribution is -2.23. The normalized spacial score (nSPS) is 18.9. The minimum absolute atomic E-state index is 0.140. The van der Waals surface area contributed by atoms with Gasteiger partial charge in [-0.3, -0.25) is 4.79 Å². The fourth-order valence-electron chi connectivity index (χ4n) is 5.09. The Kier molecular flexibility index (Phi) is 11.2. The summed E-state index contributed by atoms with van der Waals surface area (Å²) in [7, 11) is 0. The molecule has 3 aromatic rings. The van der Waals surface area contributed by atoms with Gasteiger partial charge in [-0.05, 0) is 43.6 Å². The molecular formula is C29H43N5O. The quantitative estimate of drug-likeness (QED) is 0.406. The van der Waals surface area contributed by atoms with E-state index in [0.29, 0.717) is 24.9 Å². The number of fused-ring (bicyclic) bond motifs is 1. The van der Waals surface area contributed by atoms with Crippen molar-refractivity contribution >= 4 is 17.1 Å². The van der Waals surface area contributed by atoms with Crippen LogP contribution in [0.2, 0.25) is 0 Å². The van der Waals surface area contributed by atoms with E-state index in [0.717, 1.165) is 54.5 Å². The standard InChI is InChI=1S/C22H27N5O.C5H10.C2H6/c1-2-19-21-22(25-14-24-19)27(15-26-21)18-10-8-16(12-18)9-11-20(28)23-13-17-6-4-3-5-7-17;1-2-4-5-3-1;1-2/h3-7,14-16,18H,2,8-13H2,1H3,(H,23,28);1-5H2;1-2H3/t16-,18?;;/m0../s1. The number of imidazole rings is 1. The highest BCUT2D eigenvalue weighted by Crippen LogP contribution is 2.38. The number of nitrogens with one attached hydrogen (secondary N) is 1. The first kappa shape index (κ1) is 26.8. The highest BCUT2D eigenvalue weighted by molar-refractivity contribution is 5.75. The van der Waals surface area contributed by atoms with E-state index in [1.807, 2.05) is 50.5 Å². The first-order valence-corrected chi connectivity index (χ1v) is 13.7. The lowest BCUT2D eigenvalue weighted by Gasteiger charge is -2.13. The van der Waals surface area contributed by atoms with Crippen molar-refractivity contribution in [2.75, 3.05) is 0 Å². The van der Waals surface area contributed by atoms with Crippen molar-refractivity contribution in [1.82, 2.24) is 24.8 Å². The summed E-state index contributed by atoms with van der Waals surface area (Å²) in [4.78, 5) is 25.6. The zero-order valence-corrected chi connectivity index (χ0v) is 21.9. The van der Waals surface area contributed by atoms with Crippen LogP contribution in [0.15, 0.2) is 43.0 Å². The summed E-state index contributed by atoms with van der Waals surface area (Å²) in [5, 5.41) is 3.03. The van der Waals surface area contributed by atoms with Crippen LogP contribution >= 0.6 is 0 Å². The molecule has 0 spiro atoms. The van der Waals surface area contributed by atoms with Crippen LogP contribution in [0, 0.1) is 5.92 Å². The van der Waals surface area contributed by atoms with Crippen molar-refractivity contribution in [3.63, 3.8) is 0 Å². The van der Waals surface area contributed by atoms with E-state index < -0.39 is 0 Å². The third-order valence-corrected chi connectivity index (χ3v) is 7.04. The molecule has 6 nitrogen and oxygen atoms in total. The Morgan fingerprint density at radius 2 is 1.71 bits per heavy atom. The zero-order valence-electron chi connectivity index (χ0n) is 21.9. The first-order valence-electron chi connectivity index (χ1n) is 13.7. The topological polar surface area (TPSA) is 72.7 Å². The Labute approximate surface area is 211 Å². The average Bonchev–Trinajstić information content (AvgIpc) is 3.70. The minimum atomic E-state index is 0.140. The molecule has 2 aliphatic rings. The summed E-state index contributed by atoms with van der Waals surface area (Å²) >= 11 is 0. The monoisotopic (exact) mass is 477 g/mol. The summed E-state index contributed by atoms with van der Waals surface area (Å²) in [5.74, 6) is 0.720. The van der Waals surface area contributed by atoms with Gasteiger partial charge in [-0.2, -0.15) is 0 Å². The van der Waals surface area contributed by atoms with Crippen LogP contribution in [0.5, 0.6) is 0 Å². The highest BCUT2D eigenvalue weighted by atomic mass is 16.1. The number of hydrogen-bond acceptors (Lipinski definition) is 4. The number of carbonyl (C=O) groups is 1. The molecule has 2 saturated carbocycles. The smallest absolute Gasteiger partial charge is 0.220 e. The number of aromatic nitrogens is 4. The maximum absolute atomic E-state index is 12.2. The van der Waals surface area contributed by atoms with Gasteiger partial charge in [-0.1, -0.05) is 83.2 Å². The average molecular weight is 478 g/mol. The van der Waals surface area contributed by atoms with E-state index in [9.17, 15) is 4.79 Å². The van der Waals surface area contributed by atoms with Gasteiger partial charge in [0.15, 0.2) is 5.65 Å². The van der Waals surface area contributed by atoms with Crippen LogP contribution < -0.4 is 5.32 Å². The zero-order chi connectivity index (χ0) is 24.9. The molecule has 2 aliphatic carbocycles. The molecule has 2 fully saturated rings. The molecule has 190 valence electrons. The number of aryl methyl sites for hydroxylation is 1. The fourth-order valence-corrected chi connectivity index (χ4v) is 5.09. The Hall–Kier alpha value is -2.76. The van der Waals surface area contributed by atoms with Crippen LogP contribution in [0.1, 0.15) is 102 Å². The number of carbonyl (C=O) groups excluding carboxylic acids is 1. The number of rotatable bonds is 7. The Morgan fingerprint density at radius 1 is 1.00 bits per heavy atom. The third kappa shape index (κ3) is 7.87. The predicted molar refractivity (Wildman–Crippen MR) is 143 cm³/mol. The largest absolute Gasteiger partial charge is 0.352 e. The highest BCUT2D eigenvalue weighted by Gasteiger charge is 2.27. The lowest BCUT2D eigenvalue weighted by molar-refractivity contribution is -0.121. The SMILES string of the molecule is C1CCCC1.CC.CCc1ncnc2c1ncn2C1CC[C@@H](CCC(=O)NCc2ccccc2)C1. The van der Waals surface area contributed by atoms with Gasteiger partial charge in [0.05, 0.1) is 12.0 Å². The predicted octanol–water partition coefficient (Wildman–Crippen LogP) is 6.80. The van der Waals surface area contributed by atoms with Crippen molar-refractivity contribution in [2.45, 2.75) is 104 Å². The molecule has 6 heteroatoms. The number of nitrogens with zero attached hydrogens (tertiary/aromatic N) is 4. The molecule has 5 rings (SSSR count). The van der Waals surface area contributed by atoms with Crippen LogP contribution in [0.4, 0.5) is 0 Å². The molecule has 2 aromatic heterocycles. The van der Waals surface area contributed by atoms with Crippen molar-refractivity contribution in [3.05, 3.63) is 54.2 Å². The second-order valence-corrected chi connectivity index (χ2v) is 9.40. The van der Waals surface area contributed by atoms with Gasteiger partial charge in [0.1, 0.15) is 11.8 Å². The second-order valence-electron chi connectivity index (χ2n) is 9.40. The van der Waals surface area contributed by atoms with E-state index in [4.69, 9.17) is 0 Å². The van der Waals surface area contributed by atoms with Gasteiger partial charge in [-0.15, -0.1) is 0 Å². The maximum atomic E-state index is 12.2. The molecule has 1 aromatic carbocycles. The van der Waals surface area contributed by atoms with Gasteiger partial charge in [0.2, 0.25) is 5.91 Å². The summed E-state index contributed by atoms with van der Waals surface area (Å²) < 4.78 is 2.21. The van der Waals surface area contributed by atoms with Crippen molar-refractivity contribution in [1.29, 1.82) is 0 Å². The van der Waals surface area contributed by atoms with Gasteiger partial charge in [-0.25, -0.2) is 15.0 Å². The molecule has 0 bridgehead atoms. The number of benzene rings is 1. The second kappa shape index (κ2) is 14.6. The Morgan fingerprint density at radius 3 is 2.40 bits per heavy atom. The summed E-state index contributed by atoms with van der Waals surface area (Å²) in [6, 6.07) is 10.5. The molecule has 1 unspecified atom stereocenters. The molecule has 0 aliphatic heterocycles. The Bertz CT molecular complexity index is 1000. The Balaban J connectivity index is 0.000000428. The third-order valence-electron chi connectivity index (χ3n) is 7.04. The molecule has 35 heavy (non-hydrogen) atoms. The molecule has 0 saturated heterocycles. The molecule has 1 amide bonds. The van der Waals surface area contributed by atoms with Gasteiger partial charge < -0.3 is 9.88 Å². The van der Waals surface area contributed by atoms with Gasteiger partial charge in [0, 0.05) is 19.0 Å². The van der Waals surface area contributed by atoms with Crippen LogP contribution in [0.25, 0.3) is 11.2 Å². The van der Waals surface area contributed by atoms with Gasteiger partial charge in [0.25, 0.3) is 0 Å². The van der Waals surface area contributed by atoms with E-state index in [1.54, 1.807) is 6.33 Å². The summed E-state index contributed by atoms with van der Waals surface area (Å²) in [6.45, 7) is 6.70.